The van der Waals surface area contributed by atoms with E-state index in [0.29, 0.717) is 17.2 Å². The Morgan fingerprint density at radius 1 is 0.957 bits per heavy atom. The SMILES string of the molecule is COc1ccc(C)cc1NS(=O)(=O)c1ccc(OC)c(Cl)c1Cl. The van der Waals surface area contributed by atoms with Gasteiger partial charge in [-0.15, -0.1) is 0 Å². The normalized spacial score (nSPS) is 11.2. The van der Waals surface area contributed by atoms with Gasteiger partial charge in [-0.05, 0) is 36.8 Å². The Labute approximate surface area is 145 Å². The molecule has 0 saturated carbocycles. The Balaban J connectivity index is 2.48. The van der Waals surface area contributed by atoms with Gasteiger partial charge in [-0.2, -0.15) is 0 Å². The van der Waals surface area contributed by atoms with Gasteiger partial charge in [-0.25, -0.2) is 8.42 Å². The van der Waals surface area contributed by atoms with Crippen molar-refractivity contribution in [1.82, 2.24) is 0 Å². The van der Waals surface area contributed by atoms with Crippen molar-refractivity contribution in [3.8, 4) is 11.5 Å². The molecule has 124 valence electrons. The number of anilines is 1. The minimum atomic E-state index is -3.94. The van der Waals surface area contributed by atoms with Crippen LogP contribution in [0, 0.1) is 6.92 Å². The summed E-state index contributed by atoms with van der Waals surface area (Å²) in [6.45, 7) is 1.84. The summed E-state index contributed by atoms with van der Waals surface area (Å²) >= 11 is 12.1. The van der Waals surface area contributed by atoms with Gasteiger partial charge in [-0.3, -0.25) is 4.72 Å². The summed E-state index contributed by atoms with van der Waals surface area (Å²) in [5, 5.41) is -0.0709. The third-order valence-corrected chi connectivity index (χ3v) is 5.50. The van der Waals surface area contributed by atoms with Gasteiger partial charge >= 0.3 is 0 Å². The Hall–Kier alpha value is -1.63. The average molecular weight is 376 g/mol. The third-order valence-electron chi connectivity index (χ3n) is 3.12. The summed E-state index contributed by atoms with van der Waals surface area (Å²) in [6.07, 6.45) is 0. The number of aryl methyl sites for hydroxylation is 1. The maximum absolute atomic E-state index is 12.6. The van der Waals surface area contributed by atoms with E-state index in [1.54, 1.807) is 12.1 Å². The van der Waals surface area contributed by atoms with Crippen LogP contribution >= 0.6 is 23.2 Å². The van der Waals surface area contributed by atoms with Gasteiger partial charge in [-0.1, -0.05) is 29.3 Å². The lowest BCUT2D eigenvalue weighted by molar-refractivity contribution is 0.414. The smallest absolute Gasteiger partial charge is 0.263 e. The second kappa shape index (κ2) is 6.86. The van der Waals surface area contributed by atoms with Crippen molar-refractivity contribution in [3.63, 3.8) is 0 Å². The molecular formula is C15H15Cl2NO4S. The van der Waals surface area contributed by atoms with Gasteiger partial charge < -0.3 is 9.47 Å². The molecule has 8 heteroatoms. The fraction of sp³-hybridized carbons (Fsp3) is 0.200. The molecule has 0 amide bonds. The largest absolute Gasteiger partial charge is 0.495 e. The Morgan fingerprint density at radius 2 is 1.57 bits per heavy atom. The van der Waals surface area contributed by atoms with E-state index < -0.39 is 10.0 Å². The molecule has 23 heavy (non-hydrogen) atoms. The van der Waals surface area contributed by atoms with Crippen molar-refractivity contribution in [3.05, 3.63) is 45.9 Å². The molecular weight excluding hydrogens is 361 g/mol. The number of ether oxygens (including phenoxy) is 2. The van der Waals surface area contributed by atoms with E-state index in [-0.39, 0.29) is 14.9 Å². The van der Waals surface area contributed by atoms with Crippen molar-refractivity contribution in [1.29, 1.82) is 0 Å². The number of halogens is 2. The first-order valence-electron chi connectivity index (χ1n) is 6.49. The van der Waals surface area contributed by atoms with Crippen LogP contribution in [-0.4, -0.2) is 22.6 Å². The minimum Gasteiger partial charge on any atom is -0.495 e. The van der Waals surface area contributed by atoms with Gasteiger partial charge in [0.05, 0.1) is 24.9 Å². The lowest BCUT2D eigenvalue weighted by Gasteiger charge is -2.14. The van der Waals surface area contributed by atoms with Crippen LogP contribution < -0.4 is 14.2 Å². The van der Waals surface area contributed by atoms with E-state index in [4.69, 9.17) is 32.7 Å². The predicted molar refractivity (Wildman–Crippen MR) is 91.6 cm³/mol. The predicted octanol–water partition coefficient (Wildman–Crippen LogP) is 4.12. The second-order valence-corrected chi connectivity index (χ2v) is 7.11. The van der Waals surface area contributed by atoms with Crippen LogP contribution in [0.25, 0.3) is 0 Å². The number of sulfonamides is 1. The van der Waals surface area contributed by atoms with Crippen LogP contribution in [0.1, 0.15) is 5.56 Å². The lowest BCUT2D eigenvalue weighted by Crippen LogP contribution is -2.14. The molecule has 0 aromatic heterocycles. The molecule has 5 nitrogen and oxygen atoms in total. The molecule has 0 heterocycles. The monoisotopic (exact) mass is 375 g/mol. The van der Waals surface area contributed by atoms with E-state index in [0.717, 1.165) is 5.56 Å². The van der Waals surface area contributed by atoms with Crippen LogP contribution in [0.4, 0.5) is 5.69 Å². The molecule has 0 saturated heterocycles. The van der Waals surface area contributed by atoms with Crippen molar-refractivity contribution in [2.45, 2.75) is 11.8 Å². The summed E-state index contributed by atoms with van der Waals surface area (Å²) in [7, 11) is -1.07. The molecule has 2 aromatic carbocycles. The molecule has 0 unspecified atom stereocenters. The zero-order chi connectivity index (χ0) is 17.2. The first-order chi connectivity index (χ1) is 10.8. The fourth-order valence-corrected chi connectivity index (χ4v) is 3.88. The quantitative estimate of drug-likeness (QED) is 0.853. The van der Waals surface area contributed by atoms with Crippen LogP contribution in [0.3, 0.4) is 0 Å². The van der Waals surface area contributed by atoms with Crippen LogP contribution in [0.2, 0.25) is 10.0 Å². The molecule has 1 N–H and O–H groups in total. The first kappa shape index (κ1) is 17.7. The van der Waals surface area contributed by atoms with Crippen LogP contribution in [0.15, 0.2) is 35.2 Å². The van der Waals surface area contributed by atoms with Gasteiger partial charge in [0.1, 0.15) is 21.4 Å². The molecule has 0 aliphatic carbocycles. The highest BCUT2D eigenvalue weighted by Gasteiger charge is 2.23. The zero-order valence-corrected chi connectivity index (χ0v) is 15.0. The van der Waals surface area contributed by atoms with E-state index in [2.05, 4.69) is 4.72 Å². The van der Waals surface area contributed by atoms with Crippen molar-refractivity contribution in [2.75, 3.05) is 18.9 Å². The Bertz CT molecular complexity index is 838. The van der Waals surface area contributed by atoms with Gasteiger partial charge in [0.2, 0.25) is 0 Å². The number of nitrogens with one attached hydrogen (secondary N) is 1. The topological polar surface area (TPSA) is 64.6 Å². The highest BCUT2D eigenvalue weighted by molar-refractivity contribution is 7.92. The van der Waals surface area contributed by atoms with Crippen molar-refractivity contribution < 1.29 is 17.9 Å². The van der Waals surface area contributed by atoms with E-state index >= 15 is 0 Å². The highest BCUT2D eigenvalue weighted by atomic mass is 35.5. The zero-order valence-electron chi connectivity index (χ0n) is 12.7. The third kappa shape index (κ3) is 3.65. The lowest BCUT2D eigenvalue weighted by atomic mass is 10.2. The number of hydrogen-bond donors (Lipinski definition) is 1. The summed E-state index contributed by atoms with van der Waals surface area (Å²) in [4.78, 5) is -0.145. The fourth-order valence-electron chi connectivity index (χ4n) is 1.98. The van der Waals surface area contributed by atoms with Gasteiger partial charge in [0, 0.05) is 0 Å². The summed E-state index contributed by atoms with van der Waals surface area (Å²) in [5.74, 6) is 0.693. The van der Waals surface area contributed by atoms with Crippen LogP contribution in [-0.2, 0) is 10.0 Å². The van der Waals surface area contributed by atoms with E-state index in [9.17, 15) is 8.42 Å². The number of benzene rings is 2. The molecule has 0 atom stereocenters. The van der Waals surface area contributed by atoms with Crippen molar-refractivity contribution >= 4 is 38.9 Å². The molecule has 0 fully saturated rings. The molecule has 2 rings (SSSR count). The number of methoxy groups -OCH3 is 2. The number of hydrogen-bond acceptors (Lipinski definition) is 4. The standard InChI is InChI=1S/C15H15Cl2NO4S/c1-9-4-5-11(21-2)10(8-9)18-23(19,20)13-7-6-12(22-3)14(16)15(13)17/h4-8,18H,1-3H3. The Kier molecular flexibility index (Phi) is 5.29. The Morgan fingerprint density at radius 3 is 2.17 bits per heavy atom. The second-order valence-electron chi connectivity index (χ2n) is 4.70. The van der Waals surface area contributed by atoms with E-state index in [1.165, 1.54) is 26.4 Å². The molecule has 0 aliphatic rings. The van der Waals surface area contributed by atoms with Crippen LogP contribution in [0.5, 0.6) is 11.5 Å². The first-order valence-corrected chi connectivity index (χ1v) is 8.73. The molecule has 2 aromatic rings. The highest BCUT2D eigenvalue weighted by Crippen LogP contribution is 2.38. The van der Waals surface area contributed by atoms with Crippen molar-refractivity contribution in [2.24, 2.45) is 0 Å². The minimum absolute atomic E-state index is 0.0354. The summed E-state index contributed by atoms with van der Waals surface area (Å²) in [5.41, 5.74) is 1.19. The maximum Gasteiger partial charge on any atom is 0.263 e. The average Bonchev–Trinajstić information content (AvgIpc) is 2.49. The molecule has 0 bridgehead atoms. The number of rotatable bonds is 5. The molecule has 0 spiro atoms. The van der Waals surface area contributed by atoms with E-state index in [1.807, 2.05) is 13.0 Å². The summed E-state index contributed by atoms with van der Waals surface area (Å²) < 4.78 is 37.8. The molecule has 0 radical (unpaired) electrons. The van der Waals surface area contributed by atoms with Gasteiger partial charge in [0.25, 0.3) is 10.0 Å². The maximum atomic E-state index is 12.6. The summed E-state index contributed by atoms with van der Waals surface area (Å²) in [6, 6.07) is 7.92. The van der Waals surface area contributed by atoms with Gasteiger partial charge in [0.15, 0.2) is 0 Å². The molecule has 0 aliphatic heterocycles.